The highest BCUT2D eigenvalue weighted by molar-refractivity contribution is 6.08. The molecule has 1 N–H and O–H groups in total. The summed E-state index contributed by atoms with van der Waals surface area (Å²) in [5.41, 5.74) is 0.380. The maximum Gasteiger partial charge on any atom is 0.509 e. The van der Waals surface area contributed by atoms with Gasteiger partial charge < -0.3 is 14.9 Å². The number of hydrogen-bond donors (Lipinski definition) is 1. The van der Waals surface area contributed by atoms with Crippen molar-refractivity contribution in [1.29, 1.82) is 5.41 Å². The Kier molecular flexibility index (Phi) is 4.87. The highest BCUT2D eigenvalue weighted by Crippen LogP contribution is 2.06. The molecule has 0 radical (unpaired) electrons. The zero-order valence-electron chi connectivity index (χ0n) is 9.38. The van der Waals surface area contributed by atoms with Crippen LogP contribution >= 0.6 is 0 Å². The fraction of sp³-hybridized carbons (Fsp3) is 0.250. The molecule has 0 bridgehead atoms. The molecule has 1 unspecified atom stereocenters. The van der Waals surface area contributed by atoms with Crippen molar-refractivity contribution in [3.63, 3.8) is 0 Å². The van der Waals surface area contributed by atoms with Crippen LogP contribution in [0.25, 0.3) is 0 Å². The first kappa shape index (κ1) is 12.9. The molecule has 0 heterocycles. The number of carbonyl (C=O) groups is 2. The van der Waals surface area contributed by atoms with Crippen LogP contribution in [0.15, 0.2) is 30.3 Å². The minimum Gasteiger partial charge on any atom is -0.435 e. The smallest absolute Gasteiger partial charge is 0.435 e. The molecule has 5 heteroatoms. The lowest BCUT2D eigenvalue weighted by atomic mass is 10.1. The minimum atomic E-state index is -1.24. The molecule has 0 fully saturated rings. The molecule has 0 spiro atoms. The highest BCUT2D eigenvalue weighted by atomic mass is 16.7. The van der Waals surface area contributed by atoms with Gasteiger partial charge in [-0.15, -0.1) is 0 Å². The van der Waals surface area contributed by atoms with E-state index in [0.29, 0.717) is 5.56 Å². The van der Waals surface area contributed by atoms with Crippen LogP contribution < -0.4 is 0 Å². The molecule has 0 aliphatic rings. The molecule has 5 nitrogen and oxygen atoms in total. The number of ketones is 1. The summed E-state index contributed by atoms with van der Waals surface area (Å²) in [6.07, 6.45) is -1.42. The maximum atomic E-state index is 11.8. The van der Waals surface area contributed by atoms with Gasteiger partial charge in [-0.25, -0.2) is 4.79 Å². The Labute approximate surface area is 98.9 Å². The molecular weight excluding hydrogens is 222 g/mol. The Hall–Kier alpha value is -2.17. The van der Waals surface area contributed by atoms with E-state index >= 15 is 0 Å². The van der Waals surface area contributed by atoms with Gasteiger partial charge in [0, 0.05) is 11.8 Å². The first-order valence-electron chi connectivity index (χ1n) is 5.12. The van der Waals surface area contributed by atoms with E-state index in [-0.39, 0.29) is 6.61 Å². The van der Waals surface area contributed by atoms with E-state index in [1.165, 1.54) is 0 Å². The van der Waals surface area contributed by atoms with Crippen LogP contribution in [0.4, 0.5) is 4.79 Å². The lowest BCUT2D eigenvalue weighted by Crippen LogP contribution is -2.29. The van der Waals surface area contributed by atoms with Gasteiger partial charge in [0.1, 0.15) is 0 Å². The molecule has 1 aromatic carbocycles. The van der Waals surface area contributed by atoms with Crippen molar-refractivity contribution < 1.29 is 19.1 Å². The lowest BCUT2D eigenvalue weighted by Gasteiger charge is -2.11. The SMILES string of the molecule is CCOC(=O)OC(C=N)C(=O)c1ccccc1. The van der Waals surface area contributed by atoms with E-state index < -0.39 is 18.0 Å². The fourth-order valence-electron chi connectivity index (χ4n) is 1.19. The number of rotatable bonds is 5. The molecule has 0 aromatic heterocycles. The summed E-state index contributed by atoms with van der Waals surface area (Å²) in [5, 5.41) is 7.09. The maximum absolute atomic E-state index is 11.8. The van der Waals surface area contributed by atoms with E-state index in [4.69, 9.17) is 10.1 Å². The van der Waals surface area contributed by atoms with Crippen LogP contribution in [0.2, 0.25) is 0 Å². The Morgan fingerprint density at radius 1 is 1.35 bits per heavy atom. The number of carbonyl (C=O) groups excluding carboxylic acids is 2. The van der Waals surface area contributed by atoms with Gasteiger partial charge >= 0.3 is 6.16 Å². The summed E-state index contributed by atoms with van der Waals surface area (Å²) in [7, 11) is 0. The molecule has 1 aromatic rings. The zero-order valence-corrected chi connectivity index (χ0v) is 9.38. The van der Waals surface area contributed by atoms with E-state index in [0.717, 1.165) is 6.21 Å². The summed E-state index contributed by atoms with van der Waals surface area (Å²) in [5.74, 6) is -0.450. The standard InChI is InChI=1S/C12H13NO4/c1-2-16-12(15)17-10(8-13)11(14)9-6-4-3-5-7-9/h3-8,10,13H,2H2,1H3. The van der Waals surface area contributed by atoms with Crippen molar-refractivity contribution in [2.45, 2.75) is 13.0 Å². The zero-order chi connectivity index (χ0) is 12.7. The highest BCUT2D eigenvalue weighted by Gasteiger charge is 2.22. The molecule has 1 atom stereocenters. The first-order valence-corrected chi connectivity index (χ1v) is 5.12. The van der Waals surface area contributed by atoms with Crippen LogP contribution in [0.1, 0.15) is 17.3 Å². The number of benzene rings is 1. The van der Waals surface area contributed by atoms with Crippen LogP contribution in [0, 0.1) is 5.41 Å². The molecular formula is C12H13NO4. The Morgan fingerprint density at radius 2 is 2.00 bits per heavy atom. The molecule has 0 saturated heterocycles. The van der Waals surface area contributed by atoms with E-state index in [1.54, 1.807) is 37.3 Å². The predicted molar refractivity (Wildman–Crippen MR) is 61.5 cm³/mol. The van der Waals surface area contributed by atoms with Crippen molar-refractivity contribution in [1.82, 2.24) is 0 Å². The van der Waals surface area contributed by atoms with Crippen LogP contribution in [0.5, 0.6) is 0 Å². The molecule has 0 aliphatic heterocycles. The second kappa shape index (κ2) is 6.42. The van der Waals surface area contributed by atoms with Crippen molar-refractivity contribution in [2.24, 2.45) is 0 Å². The second-order valence-corrected chi connectivity index (χ2v) is 3.12. The van der Waals surface area contributed by atoms with Gasteiger partial charge in [-0.05, 0) is 6.92 Å². The summed E-state index contributed by atoms with van der Waals surface area (Å²) in [6.45, 7) is 1.78. The van der Waals surface area contributed by atoms with E-state index in [9.17, 15) is 9.59 Å². The minimum absolute atomic E-state index is 0.156. The van der Waals surface area contributed by atoms with Gasteiger partial charge in [-0.2, -0.15) is 0 Å². The monoisotopic (exact) mass is 235 g/mol. The average molecular weight is 235 g/mol. The van der Waals surface area contributed by atoms with Crippen molar-refractivity contribution in [3.8, 4) is 0 Å². The molecule has 0 amide bonds. The fourth-order valence-corrected chi connectivity index (χ4v) is 1.19. The molecule has 1 rings (SSSR count). The molecule has 17 heavy (non-hydrogen) atoms. The summed E-state index contributed by atoms with van der Waals surface area (Å²) < 4.78 is 9.25. The average Bonchev–Trinajstić information content (AvgIpc) is 2.36. The van der Waals surface area contributed by atoms with Crippen molar-refractivity contribution in [3.05, 3.63) is 35.9 Å². The Balaban J connectivity index is 2.71. The summed E-state index contributed by atoms with van der Waals surface area (Å²) in [4.78, 5) is 22.9. The van der Waals surface area contributed by atoms with Gasteiger partial charge in [0.25, 0.3) is 0 Å². The summed E-state index contributed by atoms with van der Waals surface area (Å²) >= 11 is 0. The quantitative estimate of drug-likeness (QED) is 0.481. The van der Waals surface area contributed by atoms with E-state index in [1.807, 2.05) is 0 Å². The summed E-state index contributed by atoms with van der Waals surface area (Å²) in [6, 6.07) is 8.33. The number of nitrogens with one attached hydrogen (secondary N) is 1. The van der Waals surface area contributed by atoms with Gasteiger partial charge in [0.15, 0.2) is 0 Å². The van der Waals surface area contributed by atoms with Crippen LogP contribution in [0.3, 0.4) is 0 Å². The molecule has 0 aliphatic carbocycles. The predicted octanol–water partition coefficient (Wildman–Crippen LogP) is 2.06. The van der Waals surface area contributed by atoms with Gasteiger partial charge in [-0.1, -0.05) is 30.3 Å². The second-order valence-electron chi connectivity index (χ2n) is 3.12. The normalized spacial score (nSPS) is 11.4. The van der Waals surface area contributed by atoms with Crippen molar-refractivity contribution in [2.75, 3.05) is 6.61 Å². The topological polar surface area (TPSA) is 76.5 Å². The number of hydrogen-bond acceptors (Lipinski definition) is 5. The lowest BCUT2D eigenvalue weighted by molar-refractivity contribution is 0.0413. The van der Waals surface area contributed by atoms with Crippen LogP contribution in [-0.2, 0) is 9.47 Å². The van der Waals surface area contributed by atoms with Gasteiger partial charge in [0.2, 0.25) is 11.9 Å². The van der Waals surface area contributed by atoms with Gasteiger partial charge in [-0.3, -0.25) is 4.79 Å². The molecule has 0 saturated carbocycles. The van der Waals surface area contributed by atoms with Gasteiger partial charge in [0.05, 0.1) is 6.61 Å². The Morgan fingerprint density at radius 3 is 2.53 bits per heavy atom. The largest absolute Gasteiger partial charge is 0.509 e. The van der Waals surface area contributed by atoms with E-state index in [2.05, 4.69) is 4.74 Å². The molecule has 90 valence electrons. The third kappa shape index (κ3) is 3.71. The first-order chi connectivity index (χ1) is 8.19. The number of Topliss-reactive ketones (excluding diaryl/α,β-unsaturated/α-hetero) is 1. The Bertz CT molecular complexity index is 402. The third-order valence-corrected chi connectivity index (χ3v) is 1.95. The third-order valence-electron chi connectivity index (χ3n) is 1.95. The van der Waals surface area contributed by atoms with Crippen LogP contribution in [-0.4, -0.2) is 30.9 Å². The number of ether oxygens (including phenoxy) is 2. The van der Waals surface area contributed by atoms with Crippen molar-refractivity contribution >= 4 is 18.2 Å².